The Morgan fingerprint density at radius 2 is 0.714 bits per heavy atom. The minimum Gasteiger partial charge on any atom is -0.462 e. The molecule has 0 saturated heterocycles. The Balaban J connectivity index is 4.48. The van der Waals surface area contributed by atoms with E-state index in [-0.39, 0.29) is 44.0 Å². The van der Waals surface area contributed by atoms with E-state index in [4.69, 9.17) is 14.2 Å². The van der Waals surface area contributed by atoms with Gasteiger partial charge in [-0.3, -0.25) is 14.4 Å². The molecule has 1 unspecified atom stereocenters. The van der Waals surface area contributed by atoms with E-state index in [0.29, 0.717) is 19.3 Å². The van der Waals surface area contributed by atoms with Gasteiger partial charge in [0.25, 0.3) is 0 Å². The van der Waals surface area contributed by atoms with Gasteiger partial charge in [-0.1, -0.05) is 164 Å². The van der Waals surface area contributed by atoms with Crippen LogP contribution in [0.15, 0.2) is 85.1 Å². The van der Waals surface area contributed by atoms with Gasteiger partial charge in [-0.25, -0.2) is 0 Å². The Hall–Kier alpha value is -3.41. The van der Waals surface area contributed by atoms with Crippen LogP contribution in [0.3, 0.4) is 0 Å². The molecule has 0 spiro atoms. The summed E-state index contributed by atoms with van der Waals surface area (Å²) in [5.74, 6) is -1.05. The standard InChI is InChI=1S/C50H82O6/c1-4-7-10-13-16-19-22-23-24-25-26-29-31-34-37-40-43-49(52)55-46-47(56-50(53)44-41-38-35-32-28-21-18-15-12-9-6-3)45-54-48(51)42-39-36-33-30-27-20-17-14-11-8-5-2/h8-9,11-12,17-18,20-21,24-25,30,32-33,35,47H,4-7,10,13-16,19,22-23,26-29,31,34,36-46H2,1-3H3/b11-8-,12-9-,20-17-,21-18-,25-24-,33-30-,35-32-. The molecule has 0 aliphatic heterocycles. The second kappa shape index (κ2) is 44.3. The van der Waals surface area contributed by atoms with Crippen LogP contribution in [0.5, 0.6) is 0 Å². The molecule has 0 N–H and O–H groups in total. The van der Waals surface area contributed by atoms with E-state index in [0.717, 1.165) is 83.5 Å². The molecule has 56 heavy (non-hydrogen) atoms. The Morgan fingerprint density at radius 1 is 0.375 bits per heavy atom. The summed E-state index contributed by atoms with van der Waals surface area (Å²) < 4.78 is 16.6. The van der Waals surface area contributed by atoms with Crippen molar-refractivity contribution in [3.8, 4) is 0 Å². The van der Waals surface area contributed by atoms with E-state index in [1.54, 1.807) is 0 Å². The number of esters is 3. The van der Waals surface area contributed by atoms with Crippen LogP contribution in [0, 0.1) is 0 Å². The first kappa shape index (κ1) is 52.6. The zero-order valence-corrected chi connectivity index (χ0v) is 36.1. The van der Waals surface area contributed by atoms with Gasteiger partial charge in [0.15, 0.2) is 6.10 Å². The number of carbonyl (C=O) groups excluding carboxylic acids is 3. The molecule has 0 radical (unpaired) electrons. The van der Waals surface area contributed by atoms with Crippen molar-refractivity contribution < 1.29 is 28.6 Å². The summed E-state index contributed by atoms with van der Waals surface area (Å²) in [6.45, 7) is 6.27. The smallest absolute Gasteiger partial charge is 0.306 e. The molecule has 6 heteroatoms. The van der Waals surface area contributed by atoms with Crippen molar-refractivity contribution in [2.75, 3.05) is 13.2 Å². The van der Waals surface area contributed by atoms with Gasteiger partial charge in [0.2, 0.25) is 0 Å². The Morgan fingerprint density at radius 3 is 1.18 bits per heavy atom. The Labute approximate surface area is 344 Å². The van der Waals surface area contributed by atoms with Crippen molar-refractivity contribution in [3.63, 3.8) is 0 Å². The molecule has 6 nitrogen and oxygen atoms in total. The molecule has 0 heterocycles. The van der Waals surface area contributed by atoms with E-state index in [2.05, 4.69) is 106 Å². The van der Waals surface area contributed by atoms with Crippen molar-refractivity contribution >= 4 is 17.9 Å². The maximum atomic E-state index is 12.7. The zero-order chi connectivity index (χ0) is 40.8. The molecular weight excluding hydrogens is 697 g/mol. The summed E-state index contributed by atoms with van der Waals surface area (Å²) in [5, 5.41) is 0. The van der Waals surface area contributed by atoms with Crippen LogP contribution in [0.25, 0.3) is 0 Å². The summed E-state index contributed by atoms with van der Waals surface area (Å²) in [6.07, 6.45) is 55.9. The van der Waals surface area contributed by atoms with E-state index < -0.39 is 6.10 Å². The average Bonchev–Trinajstić information content (AvgIpc) is 3.19. The molecule has 1 atom stereocenters. The molecule has 0 aromatic carbocycles. The Kier molecular flexibility index (Phi) is 41.6. The van der Waals surface area contributed by atoms with Crippen molar-refractivity contribution in [3.05, 3.63) is 85.1 Å². The second-order valence-corrected chi connectivity index (χ2v) is 14.5. The molecule has 0 bridgehead atoms. The molecule has 0 rings (SSSR count). The van der Waals surface area contributed by atoms with E-state index in [1.807, 2.05) is 0 Å². The van der Waals surface area contributed by atoms with Crippen LogP contribution >= 0.6 is 0 Å². The lowest BCUT2D eigenvalue weighted by Crippen LogP contribution is -2.30. The van der Waals surface area contributed by atoms with Gasteiger partial charge in [0, 0.05) is 19.3 Å². The largest absolute Gasteiger partial charge is 0.462 e. The molecule has 0 aliphatic rings. The fraction of sp³-hybridized carbons (Fsp3) is 0.660. The lowest BCUT2D eigenvalue weighted by atomic mass is 10.1. The van der Waals surface area contributed by atoms with E-state index in [1.165, 1.54) is 57.8 Å². The van der Waals surface area contributed by atoms with Crippen LogP contribution in [-0.2, 0) is 28.6 Å². The number of unbranched alkanes of at least 4 members (excludes halogenated alkanes) is 14. The van der Waals surface area contributed by atoms with Crippen molar-refractivity contribution in [2.45, 2.75) is 200 Å². The number of hydrogen-bond donors (Lipinski definition) is 0. The van der Waals surface area contributed by atoms with Gasteiger partial charge < -0.3 is 14.2 Å². The summed E-state index contributed by atoms with van der Waals surface area (Å²) >= 11 is 0. The molecule has 0 saturated carbocycles. The fourth-order valence-electron chi connectivity index (χ4n) is 5.78. The minimum absolute atomic E-state index is 0.118. The van der Waals surface area contributed by atoms with E-state index >= 15 is 0 Å². The topological polar surface area (TPSA) is 78.9 Å². The number of carbonyl (C=O) groups is 3. The van der Waals surface area contributed by atoms with Crippen molar-refractivity contribution in [2.24, 2.45) is 0 Å². The normalized spacial score (nSPS) is 12.8. The molecule has 0 aliphatic carbocycles. The van der Waals surface area contributed by atoms with Gasteiger partial charge in [-0.2, -0.15) is 0 Å². The highest BCUT2D eigenvalue weighted by Crippen LogP contribution is 2.12. The monoisotopic (exact) mass is 779 g/mol. The zero-order valence-electron chi connectivity index (χ0n) is 36.1. The van der Waals surface area contributed by atoms with Crippen LogP contribution in [0.1, 0.15) is 194 Å². The number of hydrogen-bond acceptors (Lipinski definition) is 6. The third-order valence-electron chi connectivity index (χ3n) is 9.11. The lowest BCUT2D eigenvalue weighted by Gasteiger charge is -2.18. The van der Waals surface area contributed by atoms with Crippen LogP contribution in [0.2, 0.25) is 0 Å². The first-order valence-corrected chi connectivity index (χ1v) is 22.6. The third kappa shape index (κ3) is 41.7. The SMILES string of the molecule is CC/C=C\C/C=C\C/C=C\CCCC(=O)OCC(COC(=O)CCCCCCC/C=C\CCCCCCCCC)OC(=O)CCC/C=C\C/C=C\C/C=C\CC. The van der Waals surface area contributed by atoms with Crippen LogP contribution < -0.4 is 0 Å². The maximum absolute atomic E-state index is 12.7. The summed E-state index contributed by atoms with van der Waals surface area (Å²) in [4.78, 5) is 37.6. The predicted octanol–water partition coefficient (Wildman–Crippen LogP) is 14.5. The van der Waals surface area contributed by atoms with Gasteiger partial charge in [0.05, 0.1) is 0 Å². The maximum Gasteiger partial charge on any atom is 0.306 e. The minimum atomic E-state index is -0.824. The molecule has 0 aromatic rings. The highest BCUT2D eigenvalue weighted by molar-refractivity contribution is 5.71. The van der Waals surface area contributed by atoms with Crippen molar-refractivity contribution in [1.82, 2.24) is 0 Å². The van der Waals surface area contributed by atoms with Gasteiger partial charge in [-0.15, -0.1) is 0 Å². The Bertz CT molecular complexity index is 1120. The first-order chi connectivity index (χ1) is 27.5. The highest BCUT2D eigenvalue weighted by Gasteiger charge is 2.19. The molecular formula is C50H82O6. The third-order valence-corrected chi connectivity index (χ3v) is 9.11. The lowest BCUT2D eigenvalue weighted by molar-refractivity contribution is -0.167. The fourth-order valence-corrected chi connectivity index (χ4v) is 5.78. The van der Waals surface area contributed by atoms with Gasteiger partial charge in [0.1, 0.15) is 13.2 Å². The average molecular weight is 779 g/mol. The molecule has 0 aromatic heterocycles. The van der Waals surface area contributed by atoms with Gasteiger partial charge >= 0.3 is 17.9 Å². The molecule has 0 amide bonds. The highest BCUT2D eigenvalue weighted by atomic mass is 16.6. The number of allylic oxidation sites excluding steroid dienone is 14. The number of rotatable bonds is 39. The summed E-state index contributed by atoms with van der Waals surface area (Å²) in [5.41, 5.74) is 0. The van der Waals surface area contributed by atoms with Crippen LogP contribution in [0.4, 0.5) is 0 Å². The molecule has 0 fully saturated rings. The quantitative estimate of drug-likeness (QED) is 0.0268. The first-order valence-electron chi connectivity index (χ1n) is 22.6. The van der Waals surface area contributed by atoms with Gasteiger partial charge in [-0.05, 0) is 96.3 Å². The predicted molar refractivity (Wildman–Crippen MR) is 237 cm³/mol. The summed E-state index contributed by atoms with van der Waals surface area (Å²) in [6, 6.07) is 0. The van der Waals surface area contributed by atoms with E-state index in [9.17, 15) is 14.4 Å². The second-order valence-electron chi connectivity index (χ2n) is 14.5. The molecule has 318 valence electrons. The summed E-state index contributed by atoms with van der Waals surface area (Å²) in [7, 11) is 0. The van der Waals surface area contributed by atoms with Crippen molar-refractivity contribution in [1.29, 1.82) is 0 Å². The van der Waals surface area contributed by atoms with Crippen LogP contribution in [-0.4, -0.2) is 37.2 Å². The number of ether oxygens (including phenoxy) is 3.